The van der Waals surface area contributed by atoms with Crippen LogP contribution < -0.4 is 4.74 Å². The first kappa shape index (κ1) is 25.9. The Bertz CT molecular complexity index is 1190. The molecule has 4 rings (SSSR count). The van der Waals surface area contributed by atoms with Crippen molar-refractivity contribution < 1.29 is 19.1 Å². The number of ether oxygens (including phenoxy) is 2. The molecule has 0 radical (unpaired) electrons. The van der Waals surface area contributed by atoms with Crippen LogP contribution in [0.1, 0.15) is 68.7 Å². The molecular formula is C28H38N4O4. The Labute approximate surface area is 213 Å². The van der Waals surface area contributed by atoms with E-state index in [-0.39, 0.29) is 0 Å². The molecule has 0 unspecified atom stereocenters. The van der Waals surface area contributed by atoms with Crippen molar-refractivity contribution in [2.45, 2.75) is 72.8 Å². The first-order chi connectivity index (χ1) is 17.1. The van der Waals surface area contributed by atoms with Crippen molar-refractivity contribution >= 4 is 11.8 Å². The lowest BCUT2D eigenvalue weighted by Crippen LogP contribution is -2.38. The Kier molecular flexibility index (Phi) is 7.83. The molecule has 0 aliphatic carbocycles. The second kappa shape index (κ2) is 10.9. The molecule has 1 aromatic carbocycles. The number of aryl methyl sites for hydroxylation is 3. The van der Waals surface area contributed by atoms with Crippen molar-refractivity contribution in [2.75, 3.05) is 19.7 Å². The maximum Gasteiger partial charge on any atom is 0.528 e. The van der Waals surface area contributed by atoms with Gasteiger partial charge >= 0.3 is 6.16 Å². The highest BCUT2D eigenvalue weighted by Gasteiger charge is 2.25. The second-order valence-corrected chi connectivity index (χ2v) is 10.6. The third kappa shape index (κ3) is 6.55. The SMILES string of the molecule is CCc1nn2c(C)cc(C)nc2c1Cc1ccc(OCC2CCN(OC(=O)OC(C)(C)C)CC2)cc1. The Hall–Kier alpha value is -3.13. The van der Waals surface area contributed by atoms with Gasteiger partial charge in [0.15, 0.2) is 5.65 Å². The maximum atomic E-state index is 11.9. The molecule has 3 aromatic rings. The minimum atomic E-state index is -0.645. The van der Waals surface area contributed by atoms with Gasteiger partial charge in [0.1, 0.15) is 11.4 Å². The number of hydrogen-bond acceptors (Lipinski definition) is 7. The lowest BCUT2D eigenvalue weighted by atomic mass is 9.99. The van der Waals surface area contributed by atoms with Crippen molar-refractivity contribution in [2.24, 2.45) is 5.92 Å². The molecule has 0 saturated carbocycles. The predicted octanol–water partition coefficient (Wildman–Crippen LogP) is 5.46. The highest BCUT2D eigenvalue weighted by atomic mass is 16.8. The van der Waals surface area contributed by atoms with Crippen molar-refractivity contribution in [1.82, 2.24) is 19.7 Å². The third-order valence-electron chi connectivity index (χ3n) is 6.37. The fraction of sp³-hybridized carbons (Fsp3) is 0.536. The number of fused-ring (bicyclic) bond motifs is 1. The van der Waals surface area contributed by atoms with Gasteiger partial charge in [0, 0.05) is 36.5 Å². The number of piperidine rings is 1. The molecular weight excluding hydrogens is 456 g/mol. The zero-order valence-corrected chi connectivity index (χ0v) is 22.3. The van der Waals surface area contributed by atoms with Crippen LogP contribution in [0.15, 0.2) is 30.3 Å². The third-order valence-corrected chi connectivity index (χ3v) is 6.37. The number of carbonyl (C=O) groups is 1. The summed E-state index contributed by atoms with van der Waals surface area (Å²) in [5.74, 6) is 1.29. The number of hydroxylamine groups is 2. The fourth-order valence-electron chi connectivity index (χ4n) is 4.54. The lowest BCUT2D eigenvalue weighted by molar-refractivity contribution is -0.156. The number of benzene rings is 1. The quantitative estimate of drug-likeness (QED) is 0.404. The number of rotatable bonds is 7. The van der Waals surface area contributed by atoms with Crippen LogP contribution >= 0.6 is 0 Å². The van der Waals surface area contributed by atoms with E-state index in [0.717, 1.165) is 54.2 Å². The average Bonchev–Trinajstić information content (AvgIpc) is 3.16. The summed E-state index contributed by atoms with van der Waals surface area (Å²) < 4.78 is 13.3. The van der Waals surface area contributed by atoms with E-state index in [9.17, 15) is 4.79 Å². The first-order valence-corrected chi connectivity index (χ1v) is 12.8. The standard InChI is InChI=1S/C28H38N4O4/c1-7-25-24(26-29-19(2)16-20(3)32(26)30-25)17-21-8-10-23(11-9-21)34-18-22-12-14-31(15-13-22)36-27(33)35-28(4,5)6/h8-11,16,22H,7,12-15,17-18H2,1-6H3. The lowest BCUT2D eigenvalue weighted by Gasteiger charge is -2.30. The number of carbonyl (C=O) groups excluding carboxylic acids is 1. The smallest absolute Gasteiger partial charge is 0.493 e. The molecule has 8 nitrogen and oxygen atoms in total. The van der Waals surface area contributed by atoms with Crippen LogP contribution in [0.25, 0.3) is 5.65 Å². The number of nitrogens with zero attached hydrogens (tertiary/aromatic N) is 4. The minimum Gasteiger partial charge on any atom is -0.493 e. The summed E-state index contributed by atoms with van der Waals surface area (Å²) in [6.45, 7) is 13.7. The predicted molar refractivity (Wildman–Crippen MR) is 138 cm³/mol. The molecule has 0 N–H and O–H groups in total. The summed E-state index contributed by atoms with van der Waals surface area (Å²) in [5, 5.41) is 6.48. The molecule has 0 spiro atoms. The normalized spacial score (nSPS) is 15.3. The van der Waals surface area contributed by atoms with E-state index in [4.69, 9.17) is 24.4 Å². The summed E-state index contributed by atoms with van der Waals surface area (Å²) in [5.41, 5.74) is 6.00. The minimum absolute atomic E-state index is 0.423. The van der Waals surface area contributed by atoms with E-state index in [1.54, 1.807) is 5.06 Å². The molecule has 1 saturated heterocycles. The molecule has 1 aliphatic heterocycles. The summed E-state index contributed by atoms with van der Waals surface area (Å²) in [6, 6.07) is 10.4. The van der Waals surface area contributed by atoms with Crippen molar-refractivity contribution in [1.29, 1.82) is 0 Å². The van der Waals surface area contributed by atoms with Gasteiger partial charge in [0.05, 0.1) is 12.3 Å². The van der Waals surface area contributed by atoms with Crippen LogP contribution in [0.2, 0.25) is 0 Å². The molecule has 0 bridgehead atoms. The van der Waals surface area contributed by atoms with Crippen LogP contribution in [0, 0.1) is 19.8 Å². The van der Waals surface area contributed by atoms with Crippen molar-refractivity contribution in [3.8, 4) is 5.75 Å². The Morgan fingerprint density at radius 1 is 1.11 bits per heavy atom. The summed E-state index contributed by atoms with van der Waals surface area (Å²) in [6.07, 6.45) is 2.83. The van der Waals surface area contributed by atoms with Gasteiger partial charge in [-0.05, 0) is 83.6 Å². The van der Waals surface area contributed by atoms with E-state index >= 15 is 0 Å². The first-order valence-electron chi connectivity index (χ1n) is 12.8. The topological polar surface area (TPSA) is 78.2 Å². The molecule has 194 valence electrons. The highest BCUT2D eigenvalue weighted by Crippen LogP contribution is 2.24. The molecule has 1 fully saturated rings. The summed E-state index contributed by atoms with van der Waals surface area (Å²) in [4.78, 5) is 21.9. The van der Waals surface area contributed by atoms with Crippen molar-refractivity contribution in [3.05, 3.63) is 58.5 Å². The molecule has 1 aliphatic rings. The average molecular weight is 495 g/mol. The van der Waals surface area contributed by atoms with E-state index in [0.29, 0.717) is 25.6 Å². The summed E-state index contributed by atoms with van der Waals surface area (Å²) in [7, 11) is 0. The van der Waals surface area contributed by atoms with Gasteiger partial charge in [-0.2, -0.15) is 5.10 Å². The number of hydrogen-bond donors (Lipinski definition) is 0. The van der Waals surface area contributed by atoms with Gasteiger partial charge in [-0.1, -0.05) is 19.1 Å². The van der Waals surface area contributed by atoms with E-state index < -0.39 is 11.8 Å². The van der Waals surface area contributed by atoms with Gasteiger partial charge in [0.25, 0.3) is 0 Å². The zero-order valence-electron chi connectivity index (χ0n) is 22.3. The van der Waals surface area contributed by atoms with Gasteiger partial charge < -0.3 is 14.3 Å². The molecule has 3 heterocycles. The van der Waals surface area contributed by atoms with Crippen LogP contribution in [0.4, 0.5) is 4.79 Å². The maximum absolute atomic E-state index is 11.9. The Balaban J connectivity index is 1.29. The second-order valence-electron chi connectivity index (χ2n) is 10.6. The van der Waals surface area contributed by atoms with E-state index in [2.05, 4.69) is 32.0 Å². The highest BCUT2D eigenvalue weighted by molar-refractivity contribution is 5.60. The molecule has 0 amide bonds. The Morgan fingerprint density at radius 2 is 1.81 bits per heavy atom. The van der Waals surface area contributed by atoms with Crippen LogP contribution in [0.5, 0.6) is 5.75 Å². The van der Waals surface area contributed by atoms with Crippen LogP contribution in [-0.4, -0.2) is 51.1 Å². The monoisotopic (exact) mass is 494 g/mol. The summed E-state index contributed by atoms with van der Waals surface area (Å²) >= 11 is 0. The zero-order chi connectivity index (χ0) is 25.9. The van der Waals surface area contributed by atoms with Crippen molar-refractivity contribution in [3.63, 3.8) is 0 Å². The van der Waals surface area contributed by atoms with E-state index in [1.807, 2.05) is 44.3 Å². The Morgan fingerprint density at radius 3 is 2.44 bits per heavy atom. The van der Waals surface area contributed by atoms with E-state index in [1.165, 1.54) is 11.1 Å². The molecule has 0 atom stereocenters. The molecule has 36 heavy (non-hydrogen) atoms. The number of aromatic nitrogens is 3. The molecule has 8 heteroatoms. The molecule has 2 aromatic heterocycles. The fourth-order valence-corrected chi connectivity index (χ4v) is 4.54. The van der Waals surface area contributed by atoms with Crippen LogP contribution in [-0.2, 0) is 22.4 Å². The largest absolute Gasteiger partial charge is 0.528 e. The van der Waals surface area contributed by atoms with Gasteiger partial charge in [-0.3, -0.25) is 0 Å². The van der Waals surface area contributed by atoms with Gasteiger partial charge in [-0.15, -0.1) is 5.06 Å². The van der Waals surface area contributed by atoms with Gasteiger partial charge in [-0.25, -0.2) is 14.3 Å². The van der Waals surface area contributed by atoms with Crippen LogP contribution in [0.3, 0.4) is 0 Å². The van der Waals surface area contributed by atoms with Gasteiger partial charge in [0.2, 0.25) is 0 Å².